The Morgan fingerprint density at radius 1 is 1.30 bits per heavy atom. The van der Waals surface area contributed by atoms with Crippen molar-refractivity contribution in [3.63, 3.8) is 0 Å². The summed E-state index contributed by atoms with van der Waals surface area (Å²) >= 11 is 7.27. The van der Waals surface area contributed by atoms with Gasteiger partial charge in [-0.25, -0.2) is 14.4 Å². The molecule has 2 rings (SSSR count). The van der Waals surface area contributed by atoms with Crippen LogP contribution < -0.4 is 0 Å². The molecule has 1 aliphatic heterocycles. The number of aliphatic carboxylic acids is 1. The SMILES string of the molecule is COC(=O)[C@H](c1ccccc1Cl)N1CC[C@@H](SC(=O)OC(C)(C)C)/C(=C/C(=O)O)C1. The zero-order valence-corrected chi connectivity index (χ0v) is 19.0. The number of halogens is 1. The van der Waals surface area contributed by atoms with Crippen LogP contribution in [-0.4, -0.2) is 58.3 Å². The molecular formula is C21H26ClNO6S. The number of carbonyl (C=O) groups excluding carboxylic acids is 2. The van der Waals surface area contributed by atoms with E-state index in [2.05, 4.69) is 0 Å². The molecule has 164 valence electrons. The van der Waals surface area contributed by atoms with Gasteiger partial charge in [-0.3, -0.25) is 4.90 Å². The second kappa shape index (κ2) is 10.3. The first-order chi connectivity index (χ1) is 14.0. The lowest BCUT2D eigenvalue weighted by atomic mass is 9.98. The maximum absolute atomic E-state index is 12.6. The molecule has 9 heteroatoms. The summed E-state index contributed by atoms with van der Waals surface area (Å²) in [6, 6.07) is 6.18. The van der Waals surface area contributed by atoms with Crippen LogP contribution in [-0.2, 0) is 19.1 Å². The molecule has 1 saturated heterocycles. The highest BCUT2D eigenvalue weighted by atomic mass is 35.5. The summed E-state index contributed by atoms with van der Waals surface area (Å²) in [5, 5.41) is 8.90. The van der Waals surface area contributed by atoms with E-state index in [1.165, 1.54) is 7.11 Å². The van der Waals surface area contributed by atoms with Crippen LogP contribution in [0.3, 0.4) is 0 Å². The zero-order valence-electron chi connectivity index (χ0n) is 17.4. The molecule has 1 aromatic rings. The standard InChI is InChI=1S/C21H26ClNO6S/c1-21(2,3)29-20(27)30-16-9-10-23(12-13(16)11-17(24)25)18(19(26)28-4)14-7-5-6-8-15(14)22/h5-8,11,16,18H,9-10,12H2,1-4H3,(H,24,25)/b13-11+/t16-,18+/m1/s1. The Morgan fingerprint density at radius 3 is 2.53 bits per heavy atom. The van der Waals surface area contributed by atoms with E-state index in [0.717, 1.165) is 17.8 Å². The molecule has 1 heterocycles. The number of hydrogen-bond acceptors (Lipinski definition) is 7. The first-order valence-corrected chi connectivity index (χ1v) is 10.7. The number of esters is 1. The van der Waals surface area contributed by atoms with Gasteiger partial charge in [0, 0.05) is 29.4 Å². The smallest absolute Gasteiger partial charge is 0.368 e. The molecule has 0 aromatic heterocycles. The molecule has 0 bridgehead atoms. The number of carboxylic acid groups (broad SMARTS) is 1. The van der Waals surface area contributed by atoms with Crippen LogP contribution in [0.1, 0.15) is 38.8 Å². The second-order valence-electron chi connectivity index (χ2n) is 7.83. The minimum absolute atomic E-state index is 0.178. The predicted molar refractivity (Wildman–Crippen MR) is 116 cm³/mol. The predicted octanol–water partition coefficient (Wildman–Crippen LogP) is 4.31. The molecule has 0 unspecified atom stereocenters. The van der Waals surface area contributed by atoms with E-state index in [9.17, 15) is 19.5 Å². The van der Waals surface area contributed by atoms with Crippen LogP contribution in [0, 0.1) is 0 Å². The first-order valence-electron chi connectivity index (χ1n) is 9.41. The molecule has 1 aliphatic rings. The Balaban J connectivity index is 2.28. The van der Waals surface area contributed by atoms with Gasteiger partial charge in [0.25, 0.3) is 0 Å². The first kappa shape index (κ1) is 24.2. The number of methoxy groups -OCH3 is 1. The van der Waals surface area contributed by atoms with Gasteiger partial charge in [-0.15, -0.1) is 0 Å². The minimum atomic E-state index is -1.12. The summed E-state index contributed by atoms with van der Waals surface area (Å²) in [4.78, 5) is 38.0. The topological polar surface area (TPSA) is 93.1 Å². The fourth-order valence-corrected chi connectivity index (χ4v) is 4.49. The highest BCUT2D eigenvalue weighted by Gasteiger charge is 2.36. The molecule has 1 fully saturated rings. The molecular weight excluding hydrogens is 430 g/mol. The summed E-state index contributed by atoms with van der Waals surface area (Å²) in [5.74, 6) is -1.61. The van der Waals surface area contributed by atoms with Crippen molar-refractivity contribution in [1.29, 1.82) is 0 Å². The maximum atomic E-state index is 12.6. The number of rotatable bonds is 5. The van der Waals surface area contributed by atoms with Crippen LogP contribution in [0.4, 0.5) is 4.79 Å². The number of piperidine rings is 1. The molecule has 1 N–H and O–H groups in total. The van der Waals surface area contributed by atoms with Crippen LogP contribution in [0.25, 0.3) is 0 Å². The van der Waals surface area contributed by atoms with Gasteiger partial charge < -0.3 is 14.6 Å². The van der Waals surface area contributed by atoms with Crippen molar-refractivity contribution in [2.45, 2.75) is 44.1 Å². The molecule has 0 aliphatic carbocycles. The summed E-state index contributed by atoms with van der Waals surface area (Å²) in [5.41, 5.74) is 0.464. The fourth-order valence-electron chi connectivity index (χ4n) is 3.21. The van der Waals surface area contributed by atoms with E-state index < -0.39 is 28.9 Å². The van der Waals surface area contributed by atoms with Crippen LogP contribution in [0.15, 0.2) is 35.9 Å². The second-order valence-corrected chi connectivity index (χ2v) is 9.38. The van der Waals surface area contributed by atoms with Crippen molar-refractivity contribution in [3.8, 4) is 0 Å². The Labute approximate surface area is 185 Å². The Bertz CT molecular complexity index is 835. The minimum Gasteiger partial charge on any atom is -0.478 e. The zero-order chi connectivity index (χ0) is 22.5. The summed E-state index contributed by atoms with van der Waals surface area (Å²) in [6.45, 7) is 5.94. The van der Waals surface area contributed by atoms with Crippen LogP contribution >= 0.6 is 23.4 Å². The number of carbonyl (C=O) groups is 3. The molecule has 2 atom stereocenters. The van der Waals surface area contributed by atoms with Gasteiger partial charge in [0.05, 0.1) is 7.11 Å². The van der Waals surface area contributed by atoms with Crippen molar-refractivity contribution >= 4 is 40.6 Å². The lowest BCUT2D eigenvalue weighted by Crippen LogP contribution is -2.43. The van der Waals surface area contributed by atoms with E-state index in [1.807, 2.05) is 4.90 Å². The van der Waals surface area contributed by atoms with E-state index >= 15 is 0 Å². The molecule has 0 radical (unpaired) electrons. The molecule has 0 amide bonds. The van der Waals surface area contributed by atoms with E-state index in [4.69, 9.17) is 21.1 Å². The normalized spacial score (nSPS) is 19.9. The fraction of sp³-hybridized carbons (Fsp3) is 0.476. The van der Waals surface area contributed by atoms with Crippen molar-refractivity contribution < 1.29 is 29.0 Å². The third-order valence-electron chi connectivity index (χ3n) is 4.40. The van der Waals surface area contributed by atoms with E-state index in [1.54, 1.807) is 45.0 Å². The van der Waals surface area contributed by atoms with Crippen molar-refractivity contribution in [2.75, 3.05) is 20.2 Å². The summed E-state index contributed by atoms with van der Waals surface area (Å²) in [7, 11) is 1.30. The lowest BCUT2D eigenvalue weighted by molar-refractivity contribution is -0.147. The molecule has 0 spiro atoms. The third kappa shape index (κ3) is 6.75. The average molecular weight is 456 g/mol. The van der Waals surface area contributed by atoms with Gasteiger partial charge in [0.15, 0.2) is 0 Å². The number of likely N-dealkylation sites (tertiary alicyclic amines) is 1. The Morgan fingerprint density at radius 2 is 1.97 bits per heavy atom. The molecule has 7 nitrogen and oxygen atoms in total. The largest absolute Gasteiger partial charge is 0.478 e. The van der Waals surface area contributed by atoms with Gasteiger partial charge in [0.1, 0.15) is 11.6 Å². The van der Waals surface area contributed by atoms with E-state index in [0.29, 0.717) is 29.1 Å². The Kier molecular flexibility index (Phi) is 8.34. The number of benzene rings is 1. The third-order valence-corrected chi connectivity index (χ3v) is 5.85. The molecule has 1 aromatic carbocycles. The number of ether oxygens (including phenoxy) is 2. The van der Waals surface area contributed by atoms with Gasteiger partial charge in [-0.2, -0.15) is 0 Å². The number of nitrogens with zero attached hydrogens (tertiary/aromatic N) is 1. The highest BCUT2D eigenvalue weighted by molar-refractivity contribution is 8.14. The number of carboxylic acids is 1. The van der Waals surface area contributed by atoms with Gasteiger partial charge in [0.2, 0.25) is 0 Å². The molecule has 30 heavy (non-hydrogen) atoms. The summed E-state index contributed by atoms with van der Waals surface area (Å²) < 4.78 is 10.3. The van der Waals surface area contributed by atoms with Crippen molar-refractivity contribution in [2.24, 2.45) is 0 Å². The lowest BCUT2D eigenvalue weighted by Gasteiger charge is -2.37. The quantitative estimate of drug-likeness (QED) is 0.518. The van der Waals surface area contributed by atoms with E-state index in [-0.39, 0.29) is 11.8 Å². The van der Waals surface area contributed by atoms with Crippen molar-refractivity contribution in [1.82, 2.24) is 4.90 Å². The maximum Gasteiger partial charge on any atom is 0.368 e. The number of hydrogen-bond donors (Lipinski definition) is 1. The van der Waals surface area contributed by atoms with Crippen molar-refractivity contribution in [3.05, 3.63) is 46.5 Å². The Hall–Kier alpha value is -2.03. The number of thioether (sulfide) groups is 1. The summed E-state index contributed by atoms with van der Waals surface area (Å²) in [6.07, 6.45) is 1.55. The molecule has 0 saturated carbocycles. The van der Waals surface area contributed by atoms with Gasteiger partial charge >= 0.3 is 17.2 Å². The van der Waals surface area contributed by atoms with Crippen LogP contribution in [0.5, 0.6) is 0 Å². The highest BCUT2D eigenvalue weighted by Crippen LogP contribution is 2.36. The van der Waals surface area contributed by atoms with Gasteiger partial charge in [-0.1, -0.05) is 29.8 Å². The van der Waals surface area contributed by atoms with Crippen LogP contribution in [0.2, 0.25) is 5.02 Å². The monoisotopic (exact) mass is 455 g/mol. The van der Waals surface area contributed by atoms with Gasteiger partial charge in [-0.05, 0) is 56.2 Å². The average Bonchev–Trinajstić information content (AvgIpc) is 2.63.